The predicted octanol–water partition coefficient (Wildman–Crippen LogP) is -1.80. The molecule has 0 saturated carbocycles. The maximum atomic E-state index is 11.8. The Bertz CT molecular complexity index is 408. The maximum absolute atomic E-state index is 11.8. The molecular weight excluding hydrogens is 244 g/mol. The van der Waals surface area contributed by atoms with Gasteiger partial charge in [0.05, 0.1) is 12.6 Å². The van der Waals surface area contributed by atoms with Gasteiger partial charge in [-0.05, 0) is 0 Å². The lowest BCUT2D eigenvalue weighted by atomic mass is 10.3. The molecule has 0 spiro atoms. The van der Waals surface area contributed by atoms with Crippen molar-refractivity contribution in [3.8, 4) is 6.07 Å². The Morgan fingerprint density at radius 3 is 2.59 bits per heavy atom. The Hall–Kier alpha value is -1.17. The SMILES string of the molecule is CN(CC(=O)N1CCNCC1)S(=O)(=O)CC#N. The summed E-state index contributed by atoms with van der Waals surface area (Å²) in [7, 11) is -2.32. The molecule has 1 aliphatic heterocycles. The van der Waals surface area contributed by atoms with Crippen LogP contribution in [0.4, 0.5) is 0 Å². The summed E-state index contributed by atoms with van der Waals surface area (Å²) in [5, 5.41) is 11.5. The van der Waals surface area contributed by atoms with E-state index in [0.29, 0.717) is 13.1 Å². The normalized spacial score (nSPS) is 16.9. The van der Waals surface area contributed by atoms with Crippen molar-refractivity contribution in [1.29, 1.82) is 5.26 Å². The number of piperazine rings is 1. The minimum absolute atomic E-state index is 0.204. The number of likely N-dealkylation sites (N-methyl/N-ethyl adjacent to an activating group) is 1. The Labute approximate surface area is 101 Å². The van der Waals surface area contributed by atoms with Crippen molar-refractivity contribution in [3.63, 3.8) is 0 Å². The van der Waals surface area contributed by atoms with Crippen LogP contribution in [0.15, 0.2) is 0 Å². The zero-order valence-corrected chi connectivity index (χ0v) is 10.5. The second-order valence-corrected chi connectivity index (χ2v) is 5.88. The first-order valence-corrected chi connectivity index (χ1v) is 6.88. The topological polar surface area (TPSA) is 93.5 Å². The molecule has 1 saturated heterocycles. The van der Waals surface area contributed by atoms with Crippen LogP contribution in [0, 0.1) is 11.3 Å². The van der Waals surface area contributed by atoms with Crippen molar-refractivity contribution in [1.82, 2.24) is 14.5 Å². The van der Waals surface area contributed by atoms with Gasteiger partial charge in [-0.2, -0.15) is 9.57 Å². The monoisotopic (exact) mass is 260 g/mol. The molecule has 7 nitrogen and oxygen atoms in total. The average molecular weight is 260 g/mol. The number of carbonyl (C=O) groups excluding carboxylic acids is 1. The van der Waals surface area contributed by atoms with Gasteiger partial charge in [-0.25, -0.2) is 8.42 Å². The van der Waals surface area contributed by atoms with E-state index in [1.54, 1.807) is 11.0 Å². The summed E-state index contributed by atoms with van der Waals surface area (Å²) >= 11 is 0. The lowest BCUT2D eigenvalue weighted by molar-refractivity contribution is -0.131. The van der Waals surface area contributed by atoms with Crippen molar-refractivity contribution in [2.75, 3.05) is 45.5 Å². The van der Waals surface area contributed by atoms with Gasteiger partial charge in [-0.15, -0.1) is 0 Å². The molecule has 1 rings (SSSR count). The molecule has 8 heteroatoms. The molecule has 1 fully saturated rings. The highest BCUT2D eigenvalue weighted by molar-refractivity contribution is 7.89. The van der Waals surface area contributed by atoms with E-state index < -0.39 is 15.8 Å². The number of nitrogens with one attached hydrogen (secondary N) is 1. The molecular formula is C9H16N4O3S. The second kappa shape index (κ2) is 5.95. The fourth-order valence-electron chi connectivity index (χ4n) is 1.49. The fourth-order valence-corrected chi connectivity index (χ4v) is 2.19. The summed E-state index contributed by atoms with van der Waals surface area (Å²) in [4.78, 5) is 13.4. The van der Waals surface area contributed by atoms with Crippen LogP contribution in [0.2, 0.25) is 0 Å². The van der Waals surface area contributed by atoms with E-state index in [2.05, 4.69) is 5.32 Å². The minimum Gasteiger partial charge on any atom is -0.339 e. The third-order valence-corrected chi connectivity index (χ3v) is 4.12. The number of nitriles is 1. The van der Waals surface area contributed by atoms with Crippen LogP contribution in [-0.2, 0) is 14.8 Å². The Morgan fingerprint density at radius 1 is 1.47 bits per heavy atom. The van der Waals surface area contributed by atoms with E-state index in [1.165, 1.54) is 7.05 Å². The van der Waals surface area contributed by atoms with Crippen LogP contribution < -0.4 is 5.32 Å². The molecule has 0 radical (unpaired) electrons. The first-order valence-electron chi connectivity index (χ1n) is 5.27. The molecule has 0 unspecified atom stereocenters. The molecule has 0 bridgehead atoms. The van der Waals surface area contributed by atoms with Gasteiger partial charge in [-0.3, -0.25) is 4.79 Å². The van der Waals surface area contributed by atoms with Crippen molar-refractivity contribution in [3.05, 3.63) is 0 Å². The minimum atomic E-state index is -3.63. The summed E-state index contributed by atoms with van der Waals surface area (Å²) in [6, 6.07) is 1.58. The number of rotatable bonds is 4. The quantitative estimate of drug-likeness (QED) is 0.644. The third kappa shape index (κ3) is 3.96. The van der Waals surface area contributed by atoms with Gasteiger partial charge < -0.3 is 10.2 Å². The molecule has 0 aliphatic carbocycles. The van der Waals surface area contributed by atoms with Crippen molar-refractivity contribution < 1.29 is 13.2 Å². The maximum Gasteiger partial charge on any atom is 0.237 e. The Balaban J connectivity index is 2.53. The van der Waals surface area contributed by atoms with E-state index in [-0.39, 0.29) is 12.5 Å². The van der Waals surface area contributed by atoms with Gasteiger partial charge in [0.15, 0.2) is 5.75 Å². The molecule has 1 aliphatic rings. The number of hydrogen-bond donors (Lipinski definition) is 1. The molecule has 1 heterocycles. The molecule has 0 aromatic carbocycles. The van der Waals surface area contributed by atoms with Crippen LogP contribution >= 0.6 is 0 Å². The number of amides is 1. The van der Waals surface area contributed by atoms with Crippen molar-refractivity contribution in [2.45, 2.75) is 0 Å². The molecule has 0 atom stereocenters. The fraction of sp³-hybridized carbons (Fsp3) is 0.778. The first-order chi connectivity index (χ1) is 7.97. The summed E-state index contributed by atoms with van der Waals surface area (Å²) < 4.78 is 23.9. The highest BCUT2D eigenvalue weighted by Crippen LogP contribution is 2.00. The predicted molar refractivity (Wildman–Crippen MR) is 61.5 cm³/mol. The van der Waals surface area contributed by atoms with E-state index in [1.807, 2.05) is 0 Å². The van der Waals surface area contributed by atoms with Gasteiger partial charge in [0.25, 0.3) is 0 Å². The largest absolute Gasteiger partial charge is 0.339 e. The molecule has 1 amide bonds. The highest BCUT2D eigenvalue weighted by atomic mass is 32.2. The zero-order valence-electron chi connectivity index (χ0n) is 9.72. The van der Waals surface area contributed by atoms with E-state index in [4.69, 9.17) is 5.26 Å². The van der Waals surface area contributed by atoms with Gasteiger partial charge >= 0.3 is 0 Å². The Morgan fingerprint density at radius 2 is 2.06 bits per heavy atom. The standard InChI is InChI=1S/C9H16N4O3S/c1-12(17(15,16)7-2-10)8-9(14)13-5-3-11-4-6-13/h11H,3-8H2,1H3. The van der Waals surface area contributed by atoms with E-state index in [9.17, 15) is 13.2 Å². The van der Waals surface area contributed by atoms with Crippen molar-refractivity contribution in [2.24, 2.45) is 0 Å². The summed E-state index contributed by atoms with van der Waals surface area (Å²) in [5.74, 6) is -0.825. The summed E-state index contributed by atoms with van der Waals surface area (Å²) in [6.45, 7) is 2.42. The third-order valence-electron chi connectivity index (χ3n) is 2.55. The lowest BCUT2D eigenvalue weighted by Crippen LogP contribution is -2.49. The molecule has 17 heavy (non-hydrogen) atoms. The molecule has 0 aromatic heterocycles. The average Bonchev–Trinajstić information content (AvgIpc) is 2.30. The van der Waals surface area contributed by atoms with Gasteiger partial charge in [0, 0.05) is 33.2 Å². The number of carbonyl (C=O) groups is 1. The number of sulfonamides is 1. The van der Waals surface area contributed by atoms with Crippen molar-refractivity contribution >= 4 is 15.9 Å². The Kier molecular flexibility index (Phi) is 4.86. The first kappa shape index (κ1) is 13.9. The highest BCUT2D eigenvalue weighted by Gasteiger charge is 2.23. The van der Waals surface area contributed by atoms with E-state index in [0.717, 1.165) is 17.4 Å². The van der Waals surface area contributed by atoms with E-state index >= 15 is 0 Å². The molecule has 0 aromatic rings. The van der Waals surface area contributed by atoms with Crippen LogP contribution in [-0.4, -0.2) is 69.1 Å². The molecule has 1 N–H and O–H groups in total. The van der Waals surface area contributed by atoms with Gasteiger partial charge in [0.1, 0.15) is 0 Å². The summed E-state index contributed by atoms with van der Waals surface area (Å²) in [5.41, 5.74) is 0. The van der Waals surface area contributed by atoms with Crippen LogP contribution in [0.25, 0.3) is 0 Å². The van der Waals surface area contributed by atoms with Crippen LogP contribution in [0.1, 0.15) is 0 Å². The van der Waals surface area contributed by atoms with Crippen LogP contribution in [0.5, 0.6) is 0 Å². The van der Waals surface area contributed by atoms with Gasteiger partial charge in [0.2, 0.25) is 15.9 Å². The number of hydrogen-bond acceptors (Lipinski definition) is 5. The lowest BCUT2D eigenvalue weighted by Gasteiger charge is -2.28. The number of nitrogens with zero attached hydrogens (tertiary/aromatic N) is 3. The van der Waals surface area contributed by atoms with Crippen LogP contribution in [0.3, 0.4) is 0 Å². The zero-order chi connectivity index (χ0) is 12.9. The van der Waals surface area contributed by atoms with Gasteiger partial charge in [-0.1, -0.05) is 0 Å². The summed E-state index contributed by atoms with van der Waals surface area (Å²) in [6.07, 6.45) is 0. The second-order valence-electron chi connectivity index (χ2n) is 3.80. The molecule has 96 valence electrons. The smallest absolute Gasteiger partial charge is 0.237 e.